The summed E-state index contributed by atoms with van der Waals surface area (Å²) in [7, 11) is 0. The van der Waals surface area contributed by atoms with E-state index in [1.54, 1.807) is 6.07 Å². The second-order valence-corrected chi connectivity index (χ2v) is 3.07. The fourth-order valence-electron chi connectivity index (χ4n) is 1.05. The van der Waals surface area contributed by atoms with Gasteiger partial charge in [0.25, 0.3) is 5.91 Å². The summed E-state index contributed by atoms with van der Waals surface area (Å²) >= 11 is 0. The maximum absolute atomic E-state index is 11.2. The molecule has 0 bridgehead atoms. The van der Waals surface area contributed by atoms with Gasteiger partial charge < -0.3 is 15.2 Å². The number of hydrogen-bond donors (Lipinski definition) is 2. The van der Waals surface area contributed by atoms with Gasteiger partial charge in [0.2, 0.25) is 0 Å². The van der Waals surface area contributed by atoms with E-state index in [4.69, 9.17) is 0 Å². The number of unbranched alkanes of at least 4 members (excludes halogenated alkanes) is 1. The molecule has 1 aromatic heterocycles. The van der Waals surface area contributed by atoms with E-state index < -0.39 is 0 Å². The lowest BCUT2D eigenvalue weighted by atomic mass is 10.3. The van der Waals surface area contributed by atoms with Gasteiger partial charge in [-0.05, 0) is 6.42 Å². The quantitative estimate of drug-likeness (QED) is 0.631. The molecule has 3 N–H and O–H groups in total. The third-order valence-corrected chi connectivity index (χ3v) is 1.80. The third kappa shape index (κ3) is 4.04. The number of quaternary nitrogens is 1. The van der Waals surface area contributed by atoms with E-state index in [2.05, 4.69) is 21.9 Å². The molecule has 0 aliphatic carbocycles. The molecule has 0 aromatic carbocycles. The molecule has 0 aliphatic rings. The molecule has 0 aliphatic heterocycles. The Morgan fingerprint density at radius 1 is 1.71 bits per heavy atom. The fraction of sp³-hybridized carbons (Fsp3) is 0.556. The number of aromatic nitrogens is 1. The van der Waals surface area contributed by atoms with E-state index in [0.29, 0.717) is 12.4 Å². The van der Waals surface area contributed by atoms with Crippen LogP contribution >= 0.6 is 0 Å². The minimum atomic E-state index is -0.0463. The van der Waals surface area contributed by atoms with Crippen molar-refractivity contribution in [3.05, 3.63) is 12.3 Å². The van der Waals surface area contributed by atoms with Crippen LogP contribution < -0.4 is 10.6 Å². The zero-order valence-electron chi connectivity index (χ0n) is 8.32. The van der Waals surface area contributed by atoms with Crippen LogP contribution in [0.3, 0.4) is 0 Å². The van der Waals surface area contributed by atoms with Crippen molar-refractivity contribution in [1.82, 2.24) is 5.16 Å². The van der Waals surface area contributed by atoms with Crippen molar-refractivity contribution in [2.75, 3.05) is 18.4 Å². The van der Waals surface area contributed by atoms with Crippen LogP contribution in [0.5, 0.6) is 0 Å². The van der Waals surface area contributed by atoms with Gasteiger partial charge in [-0.1, -0.05) is 18.5 Å². The second kappa shape index (κ2) is 6.15. The molecular formula is C9H16N3O2+. The zero-order chi connectivity index (χ0) is 10.2. The SMILES string of the molecule is CCCC[NH2+]CC(=O)Nc1ccon1. The van der Waals surface area contributed by atoms with Crippen LogP contribution in [0.1, 0.15) is 19.8 Å². The second-order valence-electron chi connectivity index (χ2n) is 3.07. The highest BCUT2D eigenvalue weighted by Crippen LogP contribution is 1.99. The number of carbonyl (C=O) groups excluding carboxylic acids is 1. The largest absolute Gasteiger partial charge is 0.363 e. The number of rotatable bonds is 6. The summed E-state index contributed by atoms with van der Waals surface area (Å²) in [5.74, 6) is 0.425. The van der Waals surface area contributed by atoms with E-state index in [9.17, 15) is 4.79 Å². The Balaban J connectivity index is 2.11. The van der Waals surface area contributed by atoms with Gasteiger partial charge in [0.15, 0.2) is 12.4 Å². The minimum absolute atomic E-state index is 0.0463. The monoisotopic (exact) mass is 198 g/mol. The summed E-state index contributed by atoms with van der Waals surface area (Å²) < 4.78 is 4.58. The van der Waals surface area contributed by atoms with Gasteiger partial charge >= 0.3 is 0 Å². The van der Waals surface area contributed by atoms with Gasteiger partial charge in [-0.3, -0.25) is 4.79 Å². The van der Waals surface area contributed by atoms with Gasteiger partial charge in [0, 0.05) is 6.07 Å². The van der Waals surface area contributed by atoms with Gasteiger partial charge in [-0.25, -0.2) is 0 Å². The molecule has 0 fully saturated rings. The molecule has 1 heterocycles. The molecule has 5 nitrogen and oxygen atoms in total. The van der Waals surface area contributed by atoms with E-state index in [1.165, 1.54) is 6.26 Å². The molecule has 0 atom stereocenters. The Morgan fingerprint density at radius 2 is 2.57 bits per heavy atom. The summed E-state index contributed by atoms with van der Waals surface area (Å²) in [6.07, 6.45) is 3.72. The number of nitrogens with one attached hydrogen (secondary N) is 1. The standard InChI is InChI=1S/C9H15N3O2/c1-2-3-5-10-7-9(13)11-8-4-6-14-12-8/h4,6,10H,2-3,5,7H2,1H3,(H,11,12,13)/p+1. The Morgan fingerprint density at radius 3 is 3.21 bits per heavy atom. The van der Waals surface area contributed by atoms with Gasteiger partial charge in [0.05, 0.1) is 6.54 Å². The van der Waals surface area contributed by atoms with Gasteiger partial charge in [0.1, 0.15) is 6.26 Å². The fourth-order valence-corrected chi connectivity index (χ4v) is 1.05. The van der Waals surface area contributed by atoms with Crippen molar-refractivity contribution in [1.29, 1.82) is 0 Å². The highest BCUT2D eigenvalue weighted by atomic mass is 16.5. The first-order valence-electron chi connectivity index (χ1n) is 4.85. The Bertz CT molecular complexity index is 259. The summed E-state index contributed by atoms with van der Waals surface area (Å²) in [5, 5.41) is 8.19. The molecule has 0 saturated heterocycles. The van der Waals surface area contributed by atoms with Gasteiger partial charge in [-0.2, -0.15) is 0 Å². The van der Waals surface area contributed by atoms with E-state index >= 15 is 0 Å². The van der Waals surface area contributed by atoms with Crippen molar-refractivity contribution in [2.24, 2.45) is 0 Å². The molecular weight excluding hydrogens is 182 g/mol. The average Bonchev–Trinajstić information content (AvgIpc) is 2.65. The van der Waals surface area contributed by atoms with Crippen LogP contribution in [0.2, 0.25) is 0 Å². The number of hydrogen-bond acceptors (Lipinski definition) is 3. The van der Waals surface area contributed by atoms with Crippen molar-refractivity contribution in [3.63, 3.8) is 0 Å². The molecule has 78 valence electrons. The molecule has 0 unspecified atom stereocenters. The number of nitrogens with two attached hydrogens (primary N) is 1. The normalized spacial score (nSPS) is 10.1. The molecule has 5 heteroatoms. The summed E-state index contributed by atoms with van der Waals surface area (Å²) in [4.78, 5) is 11.2. The number of nitrogens with zero attached hydrogens (tertiary/aromatic N) is 1. The summed E-state index contributed by atoms with van der Waals surface area (Å²) in [6.45, 7) is 3.55. The Labute approximate surface area is 82.8 Å². The van der Waals surface area contributed by atoms with Crippen LogP contribution in [-0.4, -0.2) is 24.2 Å². The van der Waals surface area contributed by atoms with Crippen LogP contribution in [-0.2, 0) is 4.79 Å². The van der Waals surface area contributed by atoms with Crippen LogP contribution in [0.4, 0.5) is 5.82 Å². The molecule has 1 rings (SSSR count). The van der Waals surface area contributed by atoms with Crippen LogP contribution in [0.15, 0.2) is 16.9 Å². The Kier molecular flexibility index (Phi) is 4.71. The average molecular weight is 198 g/mol. The lowest BCUT2D eigenvalue weighted by Crippen LogP contribution is -2.86. The van der Waals surface area contributed by atoms with E-state index in [1.807, 2.05) is 5.32 Å². The van der Waals surface area contributed by atoms with Crippen molar-refractivity contribution in [3.8, 4) is 0 Å². The summed E-state index contributed by atoms with van der Waals surface area (Å²) in [5.41, 5.74) is 0. The first kappa shape index (κ1) is 10.7. The minimum Gasteiger partial charge on any atom is -0.363 e. The number of carbonyl (C=O) groups is 1. The van der Waals surface area contributed by atoms with Gasteiger partial charge in [-0.15, -0.1) is 0 Å². The lowest BCUT2D eigenvalue weighted by Gasteiger charge is -2.00. The predicted molar refractivity (Wildman–Crippen MR) is 51.7 cm³/mol. The lowest BCUT2D eigenvalue weighted by molar-refractivity contribution is -0.643. The topological polar surface area (TPSA) is 71.7 Å². The molecule has 1 amide bonds. The van der Waals surface area contributed by atoms with Crippen molar-refractivity contribution >= 4 is 11.7 Å². The van der Waals surface area contributed by atoms with Crippen LogP contribution in [0.25, 0.3) is 0 Å². The highest BCUT2D eigenvalue weighted by Gasteiger charge is 2.05. The first-order valence-corrected chi connectivity index (χ1v) is 4.85. The summed E-state index contributed by atoms with van der Waals surface area (Å²) in [6, 6.07) is 1.62. The van der Waals surface area contributed by atoms with Crippen molar-refractivity contribution < 1.29 is 14.6 Å². The smallest absolute Gasteiger partial charge is 0.280 e. The maximum atomic E-state index is 11.2. The molecule has 1 aromatic rings. The van der Waals surface area contributed by atoms with Crippen molar-refractivity contribution in [2.45, 2.75) is 19.8 Å². The predicted octanol–water partition coefficient (Wildman–Crippen LogP) is -0.0234. The Hall–Kier alpha value is -1.36. The van der Waals surface area contributed by atoms with E-state index in [0.717, 1.165) is 19.4 Å². The molecule has 0 radical (unpaired) electrons. The van der Waals surface area contributed by atoms with E-state index in [-0.39, 0.29) is 5.91 Å². The number of amides is 1. The van der Waals surface area contributed by atoms with Crippen LogP contribution in [0, 0.1) is 0 Å². The first-order chi connectivity index (χ1) is 6.83. The highest BCUT2D eigenvalue weighted by molar-refractivity contribution is 5.90. The molecule has 0 spiro atoms. The number of anilines is 1. The third-order valence-electron chi connectivity index (χ3n) is 1.80. The maximum Gasteiger partial charge on any atom is 0.280 e. The zero-order valence-corrected chi connectivity index (χ0v) is 8.32. The molecule has 0 saturated carbocycles. The molecule has 14 heavy (non-hydrogen) atoms.